The highest BCUT2D eigenvalue weighted by Crippen LogP contribution is 2.11. The number of imidazole rings is 1. The van der Waals surface area contributed by atoms with E-state index in [-0.39, 0.29) is 18.1 Å². The van der Waals surface area contributed by atoms with E-state index in [9.17, 15) is 24.3 Å². The van der Waals surface area contributed by atoms with Crippen LogP contribution in [0.15, 0.2) is 12.5 Å². The van der Waals surface area contributed by atoms with Crippen LogP contribution in [0.4, 0.5) is 0 Å². The second-order valence-electron chi connectivity index (χ2n) is 8.19. The number of carbonyl (C=O) groups excluding carboxylic acids is 3. The van der Waals surface area contributed by atoms with Gasteiger partial charge in [-0.2, -0.15) is 12.6 Å². The molecule has 13 heteroatoms. The maximum absolute atomic E-state index is 13.2. The third-order valence-corrected chi connectivity index (χ3v) is 5.87. The molecule has 12 nitrogen and oxygen atoms in total. The smallest absolute Gasteiger partial charge is 0.327 e. The van der Waals surface area contributed by atoms with Crippen LogP contribution in [0.5, 0.6) is 0 Å². The fraction of sp³-hybridized carbons (Fsp3) is 0.667. The molecule has 0 bridgehead atoms. The SMILES string of the molecule is CCC(C)C(NC(=O)C(N)CCCCN)C(=O)NC(Cc1cnc[nH]1)C(=O)NC(CS)C(=O)O. The highest BCUT2D eigenvalue weighted by atomic mass is 32.1. The Morgan fingerprint density at radius 2 is 1.79 bits per heavy atom. The van der Waals surface area contributed by atoms with Crippen molar-refractivity contribution in [1.29, 1.82) is 0 Å². The molecule has 5 unspecified atom stereocenters. The van der Waals surface area contributed by atoms with Gasteiger partial charge < -0.3 is 37.5 Å². The second-order valence-corrected chi connectivity index (χ2v) is 8.55. The lowest BCUT2D eigenvalue weighted by atomic mass is 9.96. The lowest BCUT2D eigenvalue weighted by molar-refractivity contribution is -0.141. The minimum atomic E-state index is -1.25. The van der Waals surface area contributed by atoms with Gasteiger partial charge in [-0.15, -0.1) is 0 Å². The minimum Gasteiger partial charge on any atom is -0.480 e. The number of hydrogen-bond acceptors (Lipinski definition) is 8. The first kappa shape index (κ1) is 29.4. The maximum Gasteiger partial charge on any atom is 0.327 e. The highest BCUT2D eigenvalue weighted by Gasteiger charge is 2.32. The fourth-order valence-electron chi connectivity index (χ4n) is 3.15. The molecule has 0 aliphatic rings. The van der Waals surface area contributed by atoms with E-state index in [0.717, 1.165) is 6.42 Å². The number of carboxylic acids is 1. The number of nitrogens with zero attached hydrogens (tertiary/aromatic N) is 1. The Kier molecular flexibility index (Phi) is 13.2. The number of rotatable bonds is 16. The van der Waals surface area contributed by atoms with Crippen molar-refractivity contribution in [2.75, 3.05) is 12.3 Å². The van der Waals surface area contributed by atoms with Crippen molar-refractivity contribution >= 4 is 36.3 Å². The van der Waals surface area contributed by atoms with E-state index in [1.54, 1.807) is 6.92 Å². The van der Waals surface area contributed by atoms with E-state index < -0.39 is 47.9 Å². The summed E-state index contributed by atoms with van der Waals surface area (Å²) >= 11 is 3.95. The van der Waals surface area contributed by atoms with Crippen LogP contribution in [0.2, 0.25) is 0 Å². The summed E-state index contributed by atoms with van der Waals surface area (Å²) in [6, 6.07) is -4.07. The Morgan fingerprint density at radius 1 is 1.12 bits per heavy atom. The largest absolute Gasteiger partial charge is 0.480 e. The number of aliphatic carboxylic acids is 1. The van der Waals surface area contributed by atoms with E-state index in [1.807, 2.05) is 6.92 Å². The molecule has 0 aliphatic heterocycles. The highest BCUT2D eigenvalue weighted by molar-refractivity contribution is 7.80. The molecule has 0 saturated heterocycles. The summed E-state index contributed by atoms with van der Waals surface area (Å²) in [5.74, 6) is -3.36. The van der Waals surface area contributed by atoms with E-state index in [0.29, 0.717) is 31.5 Å². The van der Waals surface area contributed by atoms with E-state index >= 15 is 0 Å². The van der Waals surface area contributed by atoms with Gasteiger partial charge in [-0.05, 0) is 25.3 Å². The molecule has 1 heterocycles. The third kappa shape index (κ3) is 9.69. The van der Waals surface area contributed by atoms with E-state index in [2.05, 4.69) is 38.5 Å². The summed E-state index contributed by atoms with van der Waals surface area (Å²) in [7, 11) is 0. The van der Waals surface area contributed by atoms with Gasteiger partial charge in [-0.3, -0.25) is 14.4 Å². The maximum atomic E-state index is 13.2. The topological polar surface area (TPSA) is 205 Å². The van der Waals surface area contributed by atoms with Crippen molar-refractivity contribution in [3.05, 3.63) is 18.2 Å². The number of nitrogens with two attached hydrogens (primary N) is 2. The second kappa shape index (κ2) is 15.3. The molecular formula is C21H37N7O5S. The number of hydrogen-bond donors (Lipinski definition) is 8. The van der Waals surface area contributed by atoms with Crippen molar-refractivity contribution in [3.63, 3.8) is 0 Å². The van der Waals surface area contributed by atoms with Gasteiger partial charge in [0.2, 0.25) is 17.7 Å². The molecule has 192 valence electrons. The number of thiol groups is 1. The Labute approximate surface area is 204 Å². The molecule has 0 aromatic carbocycles. The summed E-state index contributed by atoms with van der Waals surface area (Å²) in [4.78, 5) is 56.7. The van der Waals surface area contributed by atoms with Crippen molar-refractivity contribution < 1.29 is 24.3 Å². The van der Waals surface area contributed by atoms with Crippen LogP contribution in [0, 0.1) is 5.92 Å². The molecule has 0 aliphatic carbocycles. The van der Waals surface area contributed by atoms with Crippen LogP contribution in [0.25, 0.3) is 0 Å². The molecule has 1 aromatic rings. The van der Waals surface area contributed by atoms with E-state index in [4.69, 9.17) is 11.5 Å². The normalized spacial score (nSPS) is 15.4. The van der Waals surface area contributed by atoms with Crippen LogP contribution in [-0.4, -0.2) is 75.2 Å². The first-order chi connectivity index (χ1) is 16.1. The Morgan fingerprint density at radius 3 is 2.32 bits per heavy atom. The molecule has 0 spiro atoms. The molecule has 0 radical (unpaired) electrons. The fourth-order valence-corrected chi connectivity index (χ4v) is 3.39. The average molecular weight is 500 g/mol. The number of aromatic amines is 1. The number of carboxylic acid groups (broad SMARTS) is 1. The average Bonchev–Trinajstić information content (AvgIpc) is 3.32. The quantitative estimate of drug-likeness (QED) is 0.103. The first-order valence-corrected chi connectivity index (χ1v) is 11.9. The Bertz CT molecular complexity index is 792. The molecule has 1 aromatic heterocycles. The third-order valence-electron chi connectivity index (χ3n) is 5.51. The van der Waals surface area contributed by atoms with Gasteiger partial charge in [-0.25, -0.2) is 9.78 Å². The molecule has 0 saturated carbocycles. The molecule has 9 N–H and O–H groups in total. The number of H-pyrrole nitrogens is 1. The number of nitrogens with one attached hydrogen (secondary N) is 4. The van der Waals surface area contributed by atoms with Gasteiger partial charge in [0.25, 0.3) is 0 Å². The number of aromatic nitrogens is 2. The zero-order chi connectivity index (χ0) is 25.7. The van der Waals surface area contributed by atoms with Crippen molar-refractivity contribution in [3.8, 4) is 0 Å². The monoisotopic (exact) mass is 499 g/mol. The first-order valence-electron chi connectivity index (χ1n) is 11.3. The summed E-state index contributed by atoms with van der Waals surface area (Å²) < 4.78 is 0. The molecule has 34 heavy (non-hydrogen) atoms. The summed E-state index contributed by atoms with van der Waals surface area (Å²) in [6.07, 6.45) is 5.40. The summed E-state index contributed by atoms with van der Waals surface area (Å²) in [5.41, 5.74) is 12.0. The lowest BCUT2D eigenvalue weighted by Gasteiger charge is -2.27. The van der Waals surface area contributed by atoms with Gasteiger partial charge in [0.15, 0.2) is 0 Å². The van der Waals surface area contributed by atoms with Gasteiger partial charge in [0.05, 0.1) is 12.4 Å². The molecule has 1 rings (SSSR count). The number of carbonyl (C=O) groups is 4. The van der Waals surface area contributed by atoms with E-state index in [1.165, 1.54) is 12.5 Å². The standard InChI is InChI=1S/C21H37N7O5S/c1-3-12(2)17(28-18(29)14(23)6-4-5-7-22)20(31)26-15(8-13-9-24-11-25-13)19(30)27-16(10-34)21(32)33/h9,11-12,14-17,34H,3-8,10,22-23H2,1-2H3,(H,24,25)(H,26,31)(H,27,30)(H,28,29)(H,32,33). The van der Waals surface area contributed by atoms with Crippen LogP contribution in [0.1, 0.15) is 45.2 Å². The zero-order valence-electron chi connectivity index (χ0n) is 19.6. The van der Waals surface area contributed by atoms with Crippen molar-refractivity contribution in [1.82, 2.24) is 25.9 Å². The van der Waals surface area contributed by atoms with Crippen molar-refractivity contribution in [2.24, 2.45) is 17.4 Å². The lowest BCUT2D eigenvalue weighted by Crippen LogP contribution is -2.59. The summed E-state index contributed by atoms with van der Waals surface area (Å²) in [5, 5.41) is 17.0. The molecular weight excluding hydrogens is 462 g/mol. The Hall–Kier alpha value is -2.64. The molecule has 0 fully saturated rings. The molecule has 5 atom stereocenters. The zero-order valence-corrected chi connectivity index (χ0v) is 20.5. The minimum absolute atomic E-state index is 0.0380. The summed E-state index contributed by atoms with van der Waals surface area (Å²) in [6.45, 7) is 4.18. The number of unbranched alkanes of at least 4 members (excludes halogenated alkanes) is 1. The Balaban J connectivity index is 2.99. The van der Waals surface area contributed by atoms with Crippen LogP contribution in [-0.2, 0) is 25.6 Å². The van der Waals surface area contributed by atoms with Crippen LogP contribution >= 0.6 is 12.6 Å². The van der Waals surface area contributed by atoms with Gasteiger partial charge in [0, 0.05) is 24.1 Å². The van der Waals surface area contributed by atoms with Gasteiger partial charge >= 0.3 is 5.97 Å². The molecule has 3 amide bonds. The predicted molar refractivity (Wildman–Crippen MR) is 130 cm³/mol. The van der Waals surface area contributed by atoms with Crippen molar-refractivity contribution in [2.45, 2.75) is 70.1 Å². The number of amides is 3. The van der Waals surface area contributed by atoms with Gasteiger partial charge in [0.1, 0.15) is 18.1 Å². The van der Waals surface area contributed by atoms with Crippen LogP contribution < -0.4 is 27.4 Å². The predicted octanol–water partition coefficient (Wildman–Crippen LogP) is -1.08. The van der Waals surface area contributed by atoms with Crippen LogP contribution in [0.3, 0.4) is 0 Å². The van der Waals surface area contributed by atoms with Gasteiger partial charge in [-0.1, -0.05) is 26.7 Å².